The van der Waals surface area contributed by atoms with Gasteiger partial charge in [0.15, 0.2) is 11.5 Å². The second kappa shape index (κ2) is 4.89. The molecule has 8 heteroatoms. The summed E-state index contributed by atoms with van der Waals surface area (Å²) in [7, 11) is 0. The number of rotatable bonds is 3. The van der Waals surface area contributed by atoms with Crippen molar-refractivity contribution >= 4 is 28.6 Å². The Morgan fingerprint density at radius 3 is 2.86 bits per heavy atom. The highest BCUT2D eigenvalue weighted by Crippen LogP contribution is 2.23. The van der Waals surface area contributed by atoms with Gasteiger partial charge in [-0.2, -0.15) is 4.98 Å². The van der Waals surface area contributed by atoms with Crippen LogP contribution in [-0.4, -0.2) is 26.1 Å². The van der Waals surface area contributed by atoms with Crippen LogP contribution in [0, 0.1) is 0 Å². The van der Waals surface area contributed by atoms with Crippen molar-refractivity contribution in [1.82, 2.24) is 20.2 Å². The van der Waals surface area contributed by atoms with Crippen molar-refractivity contribution in [2.45, 2.75) is 19.8 Å². The molecule has 0 fully saturated rings. The van der Waals surface area contributed by atoms with Gasteiger partial charge in [-0.05, 0) is 18.2 Å². The highest BCUT2D eigenvalue weighted by atomic mass is 16.3. The minimum Gasteiger partial charge on any atom is -0.440 e. The molecule has 0 unspecified atom stereocenters. The Morgan fingerprint density at radius 2 is 2.19 bits per heavy atom. The SMILES string of the molecule is CC(C)c1nc2cc(NC(=O)c3nc(N)n[nH]3)ccc2o1. The first-order valence-corrected chi connectivity index (χ1v) is 6.42. The number of fused-ring (bicyclic) bond motifs is 1. The zero-order valence-corrected chi connectivity index (χ0v) is 11.5. The number of hydrogen-bond donors (Lipinski definition) is 3. The smallest absolute Gasteiger partial charge is 0.293 e. The number of benzene rings is 1. The molecule has 0 radical (unpaired) electrons. The van der Waals surface area contributed by atoms with Crippen LogP contribution in [0.3, 0.4) is 0 Å². The number of oxazole rings is 1. The summed E-state index contributed by atoms with van der Waals surface area (Å²) in [6, 6.07) is 5.23. The number of carbonyl (C=O) groups excluding carboxylic acids is 1. The molecule has 0 saturated heterocycles. The van der Waals surface area contributed by atoms with E-state index in [1.807, 2.05) is 13.8 Å². The molecule has 2 heterocycles. The largest absolute Gasteiger partial charge is 0.440 e. The number of nitrogens with one attached hydrogen (secondary N) is 2. The van der Waals surface area contributed by atoms with Gasteiger partial charge in [0, 0.05) is 11.6 Å². The first-order chi connectivity index (χ1) is 10.0. The molecule has 0 aliphatic carbocycles. The molecule has 0 aliphatic rings. The van der Waals surface area contributed by atoms with Gasteiger partial charge in [-0.1, -0.05) is 13.8 Å². The van der Waals surface area contributed by atoms with Crippen molar-refractivity contribution in [1.29, 1.82) is 0 Å². The van der Waals surface area contributed by atoms with E-state index in [2.05, 4.69) is 25.5 Å². The average molecular weight is 286 g/mol. The normalized spacial score (nSPS) is 11.2. The van der Waals surface area contributed by atoms with Gasteiger partial charge in [-0.25, -0.2) is 4.98 Å². The lowest BCUT2D eigenvalue weighted by Gasteiger charge is -2.01. The zero-order chi connectivity index (χ0) is 15.0. The van der Waals surface area contributed by atoms with Gasteiger partial charge in [0.2, 0.25) is 11.8 Å². The van der Waals surface area contributed by atoms with Gasteiger partial charge in [0.05, 0.1) is 0 Å². The van der Waals surface area contributed by atoms with Crippen LogP contribution in [0.4, 0.5) is 11.6 Å². The summed E-state index contributed by atoms with van der Waals surface area (Å²) < 4.78 is 5.61. The molecule has 3 aromatic rings. The molecule has 21 heavy (non-hydrogen) atoms. The lowest BCUT2D eigenvalue weighted by molar-refractivity contribution is 0.101. The van der Waals surface area contributed by atoms with Crippen molar-refractivity contribution < 1.29 is 9.21 Å². The van der Waals surface area contributed by atoms with Crippen molar-refractivity contribution in [2.75, 3.05) is 11.1 Å². The lowest BCUT2D eigenvalue weighted by Crippen LogP contribution is -2.13. The van der Waals surface area contributed by atoms with Crippen molar-refractivity contribution in [3.05, 3.63) is 29.9 Å². The standard InChI is InChI=1S/C13H14N6O2/c1-6(2)12-16-8-5-7(3-4-9(8)21-12)15-11(20)10-17-13(14)19-18-10/h3-6H,1-2H3,(H,15,20)(H3,14,17,18,19). The summed E-state index contributed by atoms with van der Waals surface area (Å²) in [6.07, 6.45) is 0. The molecular weight excluding hydrogens is 272 g/mol. The fourth-order valence-electron chi connectivity index (χ4n) is 1.84. The molecule has 2 aromatic heterocycles. The maximum Gasteiger partial charge on any atom is 0.293 e. The minimum atomic E-state index is -0.425. The number of anilines is 2. The quantitative estimate of drug-likeness (QED) is 0.675. The number of H-pyrrole nitrogens is 1. The van der Waals surface area contributed by atoms with Gasteiger partial charge >= 0.3 is 0 Å². The van der Waals surface area contributed by atoms with Crippen LogP contribution in [0.15, 0.2) is 22.6 Å². The Bertz CT molecular complexity index is 804. The van der Waals surface area contributed by atoms with E-state index in [-0.39, 0.29) is 17.7 Å². The van der Waals surface area contributed by atoms with Gasteiger partial charge in [-0.3, -0.25) is 9.89 Å². The van der Waals surface area contributed by atoms with Crippen LogP contribution in [0.5, 0.6) is 0 Å². The summed E-state index contributed by atoms with van der Waals surface area (Å²) in [5.74, 6) is 0.513. The first kappa shape index (κ1) is 13.1. The second-order valence-electron chi connectivity index (χ2n) is 4.89. The van der Waals surface area contributed by atoms with Crippen molar-refractivity contribution in [3.63, 3.8) is 0 Å². The number of amides is 1. The van der Waals surface area contributed by atoms with E-state index < -0.39 is 5.91 Å². The maximum absolute atomic E-state index is 11.9. The molecule has 8 nitrogen and oxygen atoms in total. The van der Waals surface area contributed by atoms with E-state index in [0.717, 1.165) is 0 Å². The van der Waals surface area contributed by atoms with Gasteiger partial charge in [-0.15, -0.1) is 5.10 Å². The monoisotopic (exact) mass is 286 g/mol. The molecule has 3 rings (SSSR count). The van der Waals surface area contributed by atoms with Gasteiger partial charge in [0.1, 0.15) is 5.52 Å². The van der Waals surface area contributed by atoms with Crippen LogP contribution in [0.2, 0.25) is 0 Å². The summed E-state index contributed by atoms with van der Waals surface area (Å²) >= 11 is 0. The van der Waals surface area contributed by atoms with Crippen LogP contribution in [0.1, 0.15) is 36.3 Å². The summed E-state index contributed by atoms with van der Waals surface area (Å²) in [4.78, 5) is 20.1. The van der Waals surface area contributed by atoms with E-state index in [1.165, 1.54) is 0 Å². The fraction of sp³-hybridized carbons (Fsp3) is 0.231. The number of hydrogen-bond acceptors (Lipinski definition) is 6. The Balaban J connectivity index is 1.85. The van der Waals surface area contributed by atoms with E-state index in [1.54, 1.807) is 18.2 Å². The summed E-state index contributed by atoms with van der Waals surface area (Å²) in [6.45, 7) is 4.00. The predicted octanol–water partition coefficient (Wildman–Crippen LogP) is 1.90. The van der Waals surface area contributed by atoms with Crippen LogP contribution >= 0.6 is 0 Å². The molecule has 108 valence electrons. The number of nitrogens with zero attached hydrogens (tertiary/aromatic N) is 3. The van der Waals surface area contributed by atoms with E-state index >= 15 is 0 Å². The second-order valence-corrected chi connectivity index (χ2v) is 4.89. The molecule has 0 aliphatic heterocycles. The zero-order valence-electron chi connectivity index (χ0n) is 11.5. The van der Waals surface area contributed by atoms with Gasteiger partial charge < -0.3 is 15.5 Å². The van der Waals surface area contributed by atoms with Crippen LogP contribution in [0.25, 0.3) is 11.1 Å². The Hall–Kier alpha value is -2.90. The molecule has 4 N–H and O–H groups in total. The Labute approximate surface area is 119 Å². The summed E-state index contributed by atoms with van der Waals surface area (Å²) in [5, 5.41) is 8.75. The third-order valence-corrected chi connectivity index (χ3v) is 2.87. The number of aromatic amines is 1. The van der Waals surface area contributed by atoms with Crippen LogP contribution < -0.4 is 11.1 Å². The maximum atomic E-state index is 11.9. The number of nitrogen functional groups attached to an aromatic ring is 1. The molecular formula is C13H14N6O2. The van der Waals surface area contributed by atoms with E-state index in [9.17, 15) is 4.79 Å². The number of carbonyl (C=O) groups is 1. The molecule has 0 bridgehead atoms. The van der Waals surface area contributed by atoms with Crippen molar-refractivity contribution in [3.8, 4) is 0 Å². The third kappa shape index (κ3) is 2.55. The third-order valence-electron chi connectivity index (χ3n) is 2.87. The molecule has 1 amide bonds. The number of nitrogens with two attached hydrogens (primary N) is 1. The highest BCUT2D eigenvalue weighted by Gasteiger charge is 2.13. The molecule has 0 saturated carbocycles. The topological polar surface area (TPSA) is 123 Å². The fourth-order valence-corrected chi connectivity index (χ4v) is 1.84. The Kier molecular flexibility index (Phi) is 3.05. The highest BCUT2D eigenvalue weighted by molar-refractivity contribution is 6.02. The predicted molar refractivity (Wildman–Crippen MR) is 76.8 cm³/mol. The van der Waals surface area contributed by atoms with E-state index in [0.29, 0.717) is 22.7 Å². The number of aromatic nitrogens is 4. The molecule has 0 spiro atoms. The van der Waals surface area contributed by atoms with Crippen molar-refractivity contribution in [2.24, 2.45) is 0 Å². The minimum absolute atomic E-state index is 0.0219. The van der Waals surface area contributed by atoms with Crippen LogP contribution in [-0.2, 0) is 0 Å². The lowest BCUT2D eigenvalue weighted by atomic mass is 10.2. The summed E-state index contributed by atoms with van der Waals surface area (Å²) in [5.41, 5.74) is 7.32. The Morgan fingerprint density at radius 1 is 1.38 bits per heavy atom. The molecule has 1 aromatic carbocycles. The molecule has 0 atom stereocenters. The average Bonchev–Trinajstić information content (AvgIpc) is 3.04. The van der Waals surface area contributed by atoms with E-state index in [4.69, 9.17) is 10.2 Å². The van der Waals surface area contributed by atoms with Gasteiger partial charge in [0.25, 0.3) is 5.91 Å². The first-order valence-electron chi connectivity index (χ1n) is 6.42.